The van der Waals surface area contributed by atoms with Crippen LogP contribution in [0.15, 0.2) is 53.4 Å². The Labute approximate surface area is 188 Å². The molecule has 31 heavy (non-hydrogen) atoms. The van der Waals surface area contributed by atoms with Crippen molar-refractivity contribution >= 4 is 27.5 Å². The number of rotatable bonds is 6. The molecule has 8 heteroatoms. The topological polar surface area (TPSA) is 66.9 Å². The fourth-order valence-corrected chi connectivity index (χ4v) is 6.54. The number of sulfonamides is 1. The van der Waals surface area contributed by atoms with E-state index in [1.807, 2.05) is 29.2 Å². The maximum atomic E-state index is 13.2. The minimum absolute atomic E-state index is 0.130. The van der Waals surface area contributed by atoms with E-state index in [0.29, 0.717) is 32.5 Å². The van der Waals surface area contributed by atoms with Gasteiger partial charge in [0.15, 0.2) is 0 Å². The number of likely N-dealkylation sites (tertiary alicyclic amines) is 1. The molecule has 2 aliphatic rings. The first-order valence-electron chi connectivity index (χ1n) is 10.5. The van der Waals surface area contributed by atoms with Gasteiger partial charge in [-0.2, -0.15) is 4.31 Å². The van der Waals surface area contributed by atoms with Crippen LogP contribution in [0.25, 0.3) is 0 Å². The van der Waals surface area contributed by atoms with Crippen LogP contribution in [0.5, 0.6) is 5.75 Å². The molecule has 4 rings (SSSR count). The minimum atomic E-state index is -3.66. The molecule has 2 aromatic rings. The van der Waals surface area contributed by atoms with Gasteiger partial charge in [0, 0.05) is 26.2 Å². The van der Waals surface area contributed by atoms with Gasteiger partial charge in [-0.1, -0.05) is 35.9 Å². The fraction of sp³-hybridized carbons (Fsp3) is 0.435. The van der Waals surface area contributed by atoms with Crippen LogP contribution in [-0.2, 0) is 21.2 Å². The zero-order valence-corrected chi connectivity index (χ0v) is 19.2. The smallest absolute Gasteiger partial charge is 0.244 e. The lowest BCUT2D eigenvalue weighted by Gasteiger charge is -2.37. The van der Waals surface area contributed by atoms with E-state index < -0.39 is 15.4 Å². The first kappa shape index (κ1) is 22.1. The van der Waals surface area contributed by atoms with Gasteiger partial charge in [0.2, 0.25) is 15.9 Å². The third-order valence-corrected chi connectivity index (χ3v) is 8.94. The van der Waals surface area contributed by atoms with Crippen molar-refractivity contribution in [1.29, 1.82) is 0 Å². The number of carbonyl (C=O) groups excluding carboxylic acids is 1. The van der Waals surface area contributed by atoms with Crippen LogP contribution in [0.2, 0.25) is 5.02 Å². The van der Waals surface area contributed by atoms with Gasteiger partial charge in [0.05, 0.1) is 17.5 Å². The van der Waals surface area contributed by atoms with Gasteiger partial charge in [-0.05, 0) is 55.5 Å². The summed E-state index contributed by atoms with van der Waals surface area (Å²) >= 11 is 6.12. The maximum absolute atomic E-state index is 13.2. The van der Waals surface area contributed by atoms with Gasteiger partial charge in [0.1, 0.15) is 10.6 Å². The predicted octanol–water partition coefficient (Wildman–Crippen LogP) is 3.59. The molecule has 2 fully saturated rings. The normalized spacial score (nSPS) is 19.2. The van der Waals surface area contributed by atoms with E-state index in [4.69, 9.17) is 16.3 Å². The lowest BCUT2D eigenvalue weighted by molar-refractivity contribution is -0.137. The molecule has 0 bridgehead atoms. The number of hydrogen-bond donors (Lipinski definition) is 0. The van der Waals surface area contributed by atoms with Gasteiger partial charge < -0.3 is 9.64 Å². The monoisotopic (exact) mass is 462 g/mol. The van der Waals surface area contributed by atoms with Crippen molar-refractivity contribution in [1.82, 2.24) is 9.21 Å². The summed E-state index contributed by atoms with van der Waals surface area (Å²) in [5.41, 5.74) is 0.690. The third-order valence-electron chi connectivity index (χ3n) is 6.54. The molecule has 0 saturated carbocycles. The summed E-state index contributed by atoms with van der Waals surface area (Å²) in [6.45, 7) is 2.06. The third kappa shape index (κ3) is 4.31. The number of methoxy groups -OCH3 is 1. The van der Waals surface area contributed by atoms with Crippen LogP contribution >= 0.6 is 11.6 Å². The Morgan fingerprint density at radius 1 is 1.03 bits per heavy atom. The predicted molar refractivity (Wildman–Crippen MR) is 120 cm³/mol. The summed E-state index contributed by atoms with van der Waals surface area (Å²) in [7, 11) is -2.01. The molecule has 166 valence electrons. The summed E-state index contributed by atoms with van der Waals surface area (Å²) < 4.78 is 32.7. The lowest BCUT2D eigenvalue weighted by Crippen LogP contribution is -2.46. The standard InChI is InChI=1S/C23H27ClN2O4S/c1-30-19-6-4-5-18(17-19)9-13-25-14-10-23(22(25)27)11-15-26(16-12-23)31(28,29)21-8-3-2-7-20(21)24/h2-8,17H,9-16H2,1H3. The molecule has 2 saturated heterocycles. The van der Waals surface area contributed by atoms with Gasteiger partial charge in [-0.15, -0.1) is 0 Å². The summed E-state index contributed by atoms with van der Waals surface area (Å²) in [6, 6.07) is 14.4. The Balaban J connectivity index is 1.38. The van der Waals surface area contributed by atoms with Crippen LogP contribution in [0.1, 0.15) is 24.8 Å². The van der Waals surface area contributed by atoms with Crippen molar-refractivity contribution in [2.24, 2.45) is 5.41 Å². The van der Waals surface area contributed by atoms with Gasteiger partial charge in [-0.25, -0.2) is 8.42 Å². The van der Waals surface area contributed by atoms with E-state index >= 15 is 0 Å². The molecule has 6 nitrogen and oxygen atoms in total. The highest BCUT2D eigenvalue weighted by Crippen LogP contribution is 2.43. The molecule has 0 unspecified atom stereocenters. The quantitative estimate of drug-likeness (QED) is 0.658. The molecular formula is C23H27ClN2O4S. The van der Waals surface area contributed by atoms with Gasteiger partial charge in [0.25, 0.3) is 0 Å². The van der Waals surface area contributed by atoms with Crippen LogP contribution in [-0.4, -0.2) is 56.8 Å². The second-order valence-electron chi connectivity index (χ2n) is 8.26. The number of halogens is 1. The first-order valence-corrected chi connectivity index (χ1v) is 12.3. The highest BCUT2D eigenvalue weighted by molar-refractivity contribution is 7.89. The average molecular weight is 463 g/mol. The van der Waals surface area contributed by atoms with E-state index in [9.17, 15) is 13.2 Å². The number of amides is 1. The molecule has 0 aromatic heterocycles. The largest absolute Gasteiger partial charge is 0.497 e. The molecule has 1 spiro atoms. The number of hydrogen-bond acceptors (Lipinski definition) is 4. The highest BCUT2D eigenvalue weighted by atomic mass is 35.5. The van der Waals surface area contributed by atoms with Crippen LogP contribution in [0, 0.1) is 5.41 Å². The Morgan fingerprint density at radius 3 is 2.45 bits per heavy atom. The molecule has 2 aliphatic heterocycles. The molecule has 0 radical (unpaired) electrons. The first-order chi connectivity index (χ1) is 14.9. The summed E-state index contributed by atoms with van der Waals surface area (Å²) in [6.07, 6.45) is 2.65. The molecule has 0 N–H and O–H groups in total. The number of benzene rings is 2. The fourth-order valence-electron chi connectivity index (χ4n) is 4.61. The molecular weight excluding hydrogens is 436 g/mol. The van der Waals surface area contributed by atoms with E-state index in [2.05, 4.69) is 0 Å². The van der Waals surface area contributed by atoms with E-state index in [0.717, 1.165) is 30.7 Å². The SMILES string of the molecule is COc1cccc(CCN2CCC3(CCN(S(=O)(=O)c4ccccc4Cl)CC3)C2=O)c1. The van der Waals surface area contributed by atoms with Crippen molar-refractivity contribution in [3.8, 4) is 5.75 Å². The number of carbonyl (C=O) groups is 1. The second kappa shape index (κ2) is 8.81. The Hall–Kier alpha value is -2.09. The molecule has 2 heterocycles. The Morgan fingerprint density at radius 2 is 1.74 bits per heavy atom. The summed E-state index contributed by atoms with van der Waals surface area (Å²) in [5, 5.41) is 0.225. The highest BCUT2D eigenvalue weighted by Gasteiger charge is 2.49. The van der Waals surface area contributed by atoms with Crippen molar-refractivity contribution in [2.75, 3.05) is 33.3 Å². The lowest BCUT2D eigenvalue weighted by atomic mass is 9.77. The van der Waals surface area contributed by atoms with E-state index in [1.165, 1.54) is 10.4 Å². The van der Waals surface area contributed by atoms with E-state index in [-0.39, 0.29) is 15.8 Å². The number of ether oxygens (including phenoxy) is 1. The van der Waals surface area contributed by atoms with Crippen LogP contribution in [0.4, 0.5) is 0 Å². The van der Waals surface area contributed by atoms with Crippen molar-refractivity contribution < 1.29 is 17.9 Å². The Kier molecular flexibility index (Phi) is 6.28. The molecule has 2 aromatic carbocycles. The minimum Gasteiger partial charge on any atom is -0.497 e. The van der Waals surface area contributed by atoms with Crippen molar-refractivity contribution in [2.45, 2.75) is 30.6 Å². The van der Waals surface area contributed by atoms with Crippen molar-refractivity contribution in [3.05, 3.63) is 59.1 Å². The average Bonchev–Trinajstić information content (AvgIpc) is 3.08. The maximum Gasteiger partial charge on any atom is 0.244 e. The second-order valence-corrected chi connectivity index (χ2v) is 10.6. The Bertz CT molecular complexity index is 1060. The van der Waals surface area contributed by atoms with Crippen LogP contribution < -0.4 is 4.74 Å². The van der Waals surface area contributed by atoms with Crippen molar-refractivity contribution in [3.63, 3.8) is 0 Å². The zero-order chi connectivity index (χ0) is 22.1. The van der Waals surface area contributed by atoms with Crippen LogP contribution in [0.3, 0.4) is 0 Å². The number of nitrogens with zero attached hydrogens (tertiary/aromatic N) is 2. The van der Waals surface area contributed by atoms with E-state index in [1.54, 1.807) is 25.3 Å². The summed E-state index contributed by atoms with van der Waals surface area (Å²) in [5.74, 6) is 0.971. The van der Waals surface area contributed by atoms with Gasteiger partial charge in [-0.3, -0.25) is 4.79 Å². The zero-order valence-electron chi connectivity index (χ0n) is 17.6. The molecule has 1 amide bonds. The molecule has 0 atom stereocenters. The number of piperidine rings is 1. The van der Waals surface area contributed by atoms with Gasteiger partial charge >= 0.3 is 0 Å². The summed E-state index contributed by atoms with van der Waals surface area (Å²) in [4.78, 5) is 15.3. The molecule has 0 aliphatic carbocycles.